The zero-order valence-corrected chi connectivity index (χ0v) is 11.0. The molecular formula is C13H11ClN2OS. The number of halogens is 1. The summed E-state index contributed by atoms with van der Waals surface area (Å²) >= 11 is 11.1. The summed E-state index contributed by atoms with van der Waals surface area (Å²) in [7, 11) is 0. The highest BCUT2D eigenvalue weighted by Crippen LogP contribution is 2.18. The number of thiocarbonyl (C=S) groups is 1. The highest BCUT2D eigenvalue weighted by Gasteiger charge is 2.04. The maximum absolute atomic E-state index is 11.0. The Morgan fingerprint density at radius 2 is 1.94 bits per heavy atom. The van der Waals surface area contributed by atoms with Crippen LogP contribution in [-0.4, -0.2) is 9.56 Å². The summed E-state index contributed by atoms with van der Waals surface area (Å²) in [4.78, 5) is 11.3. The molecule has 0 aliphatic heterocycles. The fourth-order valence-corrected chi connectivity index (χ4v) is 1.94. The summed E-state index contributed by atoms with van der Waals surface area (Å²) in [5, 5.41) is 0.610. The van der Waals surface area contributed by atoms with Crippen LogP contribution < -0.4 is 11.2 Å². The molecule has 2 N–H and O–H groups in total. The van der Waals surface area contributed by atoms with Gasteiger partial charge in [-0.15, -0.1) is 0 Å². The first-order valence-electron chi connectivity index (χ1n) is 5.30. The second-order valence-electron chi connectivity index (χ2n) is 3.88. The van der Waals surface area contributed by atoms with Gasteiger partial charge in [0.05, 0.1) is 0 Å². The molecule has 1 heterocycles. The molecule has 2 rings (SSSR count). The van der Waals surface area contributed by atoms with Crippen LogP contribution in [0.3, 0.4) is 0 Å². The van der Waals surface area contributed by atoms with Crippen LogP contribution in [0.25, 0.3) is 0 Å². The predicted octanol–water partition coefficient (Wildman–Crippen LogP) is 2.18. The standard InChI is InChI=1S/C13H11ClN2OS/c14-12-7-9(13(15)18)1-2-10(12)8-16-5-3-11(17)4-6-16/h1-7H,8H2,(H2,15,18). The SMILES string of the molecule is NC(=S)c1ccc(Cn2ccc(=O)cc2)c(Cl)c1. The third-order valence-electron chi connectivity index (χ3n) is 2.55. The third-order valence-corrected chi connectivity index (χ3v) is 3.14. The second-order valence-corrected chi connectivity index (χ2v) is 4.72. The van der Waals surface area contributed by atoms with Gasteiger partial charge in [0.25, 0.3) is 0 Å². The Bertz CT molecular complexity index is 631. The Balaban J connectivity index is 2.27. The quantitative estimate of drug-likeness (QED) is 0.876. The minimum atomic E-state index is -0.0128. The Labute approximate surface area is 115 Å². The first kappa shape index (κ1) is 12.8. The largest absolute Gasteiger partial charge is 0.389 e. The van der Waals surface area contributed by atoms with Crippen molar-refractivity contribution < 1.29 is 0 Å². The molecule has 0 saturated heterocycles. The van der Waals surface area contributed by atoms with E-state index >= 15 is 0 Å². The van der Waals surface area contributed by atoms with E-state index in [9.17, 15) is 4.79 Å². The Morgan fingerprint density at radius 1 is 1.28 bits per heavy atom. The molecule has 18 heavy (non-hydrogen) atoms. The van der Waals surface area contributed by atoms with Crippen LogP contribution in [0.15, 0.2) is 47.5 Å². The maximum Gasteiger partial charge on any atom is 0.181 e. The molecule has 1 aromatic carbocycles. The average Bonchev–Trinajstić information content (AvgIpc) is 2.34. The van der Waals surface area contributed by atoms with E-state index in [1.54, 1.807) is 18.5 Å². The number of hydrogen-bond acceptors (Lipinski definition) is 2. The molecule has 0 aliphatic carbocycles. The van der Waals surface area contributed by atoms with Gasteiger partial charge in [-0.2, -0.15) is 0 Å². The van der Waals surface area contributed by atoms with Gasteiger partial charge >= 0.3 is 0 Å². The lowest BCUT2D eigenvalue weighted by atomic mass is 10.1. The van der Waals surface area contributed by atoms with Crippen LogP contribution in [0.4, 0.5) is 0 Å². The van der Waals surface area contributed by atoms with Gasteiger partial charge in [-0.3, -0.25) is 4.79 Å². The first-order valence-corrected chi connectivity index (χ1v) is 6.09. The fourth-order valence-electron chi connectivity index (χ4n) is 1.57. The Kier molecular flexibility index (Phi) is 3.79. The van der Waals surface area contributed by atoms with Crippen LogP contribution in [0.2, 0.25) is 5.02 Å². The molecule has 5 heteroatoms. The minimum absolute atomic E-state index is 0.0128. The van der Waals surface area contributed by atoms with Crippen molar-refractivity contribution in [2.24, 2.45) is 5.73 Å². The molecular weight excluding hydrogens is 268 g/mol. The lowest BCUT2D eigenvalue weighted by Crippen LogP contribution is -2.10. The van der Waals surface area contributed by atoms with Crippen molar-refractivity contribution in [3.63, 3.8) is 0 Å². The molecule has 0 aliphatic rings. The van der Waals surface area contributed by atoms with Crippen molar-refractivity contribution in [1.29, 1.82) is 0 Å². The van der Waals surface area contributed by atoms with Gasteiger partial charge in [0.2, 0.25) is 0 Å². The van der Waals surface area contributed by atoms with Gasteiger partial charge in [0, 0.05) is 41.7 Å². The van der Waals surface area contributed by atoms with E-state index in [2.05, 4.69) is 0 Å². The summed E-state index contributed by atoms with van der Waals surface area (Å²) < 4.78 is 1.88. The van der Waals surface area contributed by atoms with Gasteiger partial charge in [-0.1, -0.05) is 36.0 Å². The van der Waals surface area contributed by atoms with Crippen molar-refractivity contribution in [2.45, 2.75) is 6.54 Å². The van der Waals surface area contributed by atoms with Gasteiger partial charge in [-0.05, 0) is 11.6 Å². The number of aromatic nitrogens is 1. The van der Waals surface area contributed by atoms with Gasteiger partial charge in [-0.25, -0.2) is 0 Å². The molecule has 3 nitrogen and oxygen atoms in total. The van der Waals surface area contributed by atoms with Crippen molar-refractivity contribution >= 4 is 28.8 Å². The highest BCUT2D eigenvalue weighted by molar-refractivity contribution is 7.80. The number of hydrogen-bond donors (Lipinski definition) is 1. The lowest BCUT2D eigenvalue weighted by Gasteiger charge is -2.09. The van der Waals surface area contributed by atoms with Crippen LogP contribution in [0.1, 0.15) is 11.1 Å². The summed E-state index contributed by atoms with van der Waals surface area (Å²) in [6, 6.07) is 8.50. The van der Waals surface area contributed by atoms with E-state index in [-0.39, 0.29) is 5.43 Å². The highest BCUT2D eigenvalue weighted by atomic mass is 35.5. The molecule has 0 spiro atoms. The maximum atomic E-state index is 11.0. The fraction of sp³-hybridized carbons (Fsp3) is 0.0769. The van der Waals surface area contributed by atoms with Crippen molar-refractivity contribution in [3.05, 3.63) is 69.1 Å². The molecule has 0 bridgehead atoms. The molecule has 0 radical (unpaired) electrons. The summed E-state index contributed by atoms with van der Waals surface area (Å²) in [6.07, 6.45) is 3.44. The molecule has 0 amide bonds. The molecule has 0 saturated carbocycles. The summed E-state index contributed by atoms with van der Waals surface area (Å²) in [6.45, 7) is 0.594. The number of benzene rings is 1. The van der Waals surface area contributed by atoms with Crippen LogP contribution in [0.5, 0.6) is 0 Å². The van der Waals surface area contributed by atoms with Gasteiger partial charge in [0.15, 0.2) is 5.43 Å². The number of rotatable bonds is 3. The van der Waals surface area contributed by atoms with E-state index in [1.807, 2.05) is 16.7 Å². The molecule has 0 atom stereocenters. The predicted molar refractivity (Wildman–Crippen MR) is 77.1 cm³/mol. The van der Waals surface area contributed by atoms with E-state index < -0.39 is 0 Å². The minimum Gasteiger partial charge on any atom is -0.389 e. The Morgan fingerprint density at radius 3 is 2.50 bits per heavy atom. The normalized spacial score (nSPS) is 10.3. The summed E-state index contributed by atoms with van der Waals surface area (Å²) in [5.74, 6) is 0. The van der Waals surface area contributed by atoms with E-state index in [0.29, 0.717) is 16.6 Å². The Hall–Kier alpha value is -1.65. The summed E-state index contributed by atoms with van der Waals surface area (Å²) in [5.41, 5.74) is 7.22. The zero-order valence-electron chi connectivity index (χ0n) is 9.47. The van der Waals surface area contributed by atoms with E-state index in [0.717, 1.165) is 11.1 Å². The van der Waals surface area contributed by atoms with E-state index in [1.165, 1.54) is 12.1 Å². The monoisotopic (exact) mass is 278 g/mol. The van der Waals surface area contributed by atoms with Crippen LogP contribution in [-0.2, 0) is 6.54 Å². The van der Waals surface area contributed by atoms with Gasteiger partial charge in [0.1, 0.15) is 4.99 Å². The lowest BCUT2D eigenvalue weighted by molar-refractivity contribution is 0.789. The number of nitrogens with two attached hydrogens (primary N) is 1. The second kappa shape index (κ2) is 5.33. The van der Waals surface area contributed by atoms with Crippen LogP contribution >= 0.6 is 23.8 Å². The topological polar surface area (TPSA) is 48.0 Å². The van der Waals surface area contributed by atoms with Crippen molar-refractivity contribution in [2.75, 3.05) is 0 Å². The van der Waals surface area contributed by atoms with E-state index in [4.69, 9.17) is 29.6 Å². The molecule has 0 unspecified atom stereocenters. The molecule has 0 fully saturated rings. The van der Waals surface area contributed by atoms with Crippen molar-refractivity contribution in [3.8, 4) is 0 Å². The molecule has 92 valence electrons. The van der Waals surface area contributed by atoms with Gasteiger partial charge < -0.3 is 10.3 Å². The average molecular weight is 279 g/mol. The number of pyridine rings is 1. The number of nitrogens with zero attached hydrogens (tertiary/aromatic N) is 1. The molecule has 2 aromatic rings. The van der Waals surface area contributed by atoms with Crippen molar-refractivity contribution in [1.82, 2.24) is 4.57 Å². The van der Waals surface area contributed by atoms with Crippen LogP contribution in [0, 0.1) is 0 Å². The first-order chi connectivity index (χ1) is 8.56. The molecule has 1 aromatic heterocycles. The smallest absolute Gasteiger partial charge is 0.181 e. The zero-order chi connectivity index (χ0) is 13.1. The third kappa shape index (κ3) is 2.97.